The third kappa shape index (κ3) is 4.36. The summed E-state index contributed by atoms with van der Waals surface area (Å²) in [5, 5.41) is 10.2. The SMILES string of the molecule is NC(Cc1ccccc1)c1cn[nH]n1.O=C1C=C(N2CC2)C(=O)C(N2CC2)=C1N1CC1. The molecule has 3 fully saturated rings. The lowest BCUT2D eigenvalue weighted by atomic mass is 10.0. The van der Waals surface area contributed by atoms with E-state index < -0.39 is 0 Å². The van der Waals surface area contributed by atoms with Crippen molar-refractivity contribution in [3.63, 3.8) is 0 Å². The molecule has 3 aliphatic heterocycles. The summed E-state index contributed by atoms with van der Waals surface area (Å²) in [7, 11) is 0. The molecule has 0 spiro atoms. The van der Waals surface area contributed by atoms with E-state index in [0.29, 0.717) is 17.1 Å². The number of Topliss-reactive ketones (excluding diaryl/α,β-unsaturated/α-hetero) is 1. The Kier molecular flexibility index (Phi) is 5.03. The summed E-state index contributed by atoms with van der Waals surface area (Å²) in [6.45, 7) is 5.41. The van der Waals surface area contributed by atoms with Gasteiger partial charge in [0.25, 0.3) is 0 Å². The molecule has 1 unspecified atom stereocenters. The van der Waals surface area contributed by atoms with Gasteiger partial charge in [-0.3, -0.25) is 9.59 Å². The van der Waals surface area contributed by atoms with Gasteiger partial charge >= 0.3 is 0 Å². The Bertz CT molecular complexity index is 1030. The van der Waals surface area contributed by atoms with Crippen molar-refractivity contribution in [2.75, 3.05) is 39.3 Å². The molecule has 0 amide bonds. The van der Waals surface area contributed by atoms with Gasteiger partial charge in [0.05, 0.1) is 23.6 Å². The van der Waals surface area contributed by atoms with Crippen LogP contribution in [0.5, 0.6) is 0 Å². The molecule has 9 nitrogen and oxygen atoms in total. The van der Waals surface area contributed by atoms with Gasteiger partial charge in [-0.15, -0.1) is 0 Å². The third-order valence-corrected chi connectivity index (χ3v) is 5.60. The third-order valence-electron chi connectivity index (χ3n) is 5.60. The minimum Gasteiger partial charge on any atom is -0.365 e. The average molecular weight is 419 g/mol. The Balaban J connectivity index is 0.000000135. The summed E-state index contributed by atoms with van der Waals surface area (Å²) in [4.78, 5) is 30.5. The van der Waals surface area contributed by atoms with Gasteiger partial charge in [-0.2, -0.15) is 15.4 Å². The molecule has 1 atom stereocenters. The number of hydrogen-bond donors (Lipinski definition) is 2. The van der Waals surface area contributed by atoms with E-state index in [2.05, 4.69) is 27.5 Å². The molecule has 31 heavy (non-hydrogen) atoms. The number of nitrogens with two attached hydrogens (primary N) is 1. The van der Waals surface area contributed by atoms with Gasteiger partial charge in [0.2, 0.25) is 11.6 Å². The number of hydrogen-bond acceptors (Lipinski definition) is 8. The molecule has 6 rings (SSSR count). The second-order valence-electron chi connectivity index (χ2n) is 8.07. The number of nitrogens with zero attached hydrogens (tertiary/aromatic N) is 5. The Morgan fingerprint density at radius 1 is 0.935 bits per heavy atom. The van der Waals surface area contributed by atoms with Gasteiger partial charge in [0.15, 0.2) is 0 Å². The molecule has 3 saturated heterocycles. The monoisotopic (exact) mass is 419 g/mol. The van der Waals surface area contributed by atoms with Gasteiger partial charge in [0, 0.05) is 45.3 Å². The molecule has 9 heteroatoms. The van der Waals surface area contributed by atoms with Crippen LogP contribution in [0, 0.1) is 0 Å². The highest BCUT2D eigenvalue weighted by molar-refractivity contribution is 6.22. The highest BCUT2D eigenvalue weighted by atomic mass is 16.1. The normalized spacial score (nSPS) is 20.3. The molecule has 1 aliphatic carbocycles. The number of allylic oxidation sites excluding steroid dienone is 1. The lowest BCUT2D eigenvalue weighted by Gasteiger charge is -2.21. The second kappa shape index (κ2) is 7.99. The van der Waals surface area contributed by atoms with Crippen LogP contribution in [-0.4, -0.2) is 80.9 Å². The summed E-state index contributed by atoms with van der Waals surface area (Å²) >= 11 is 0. The van der Waals surface area contributed by atoms with Crippen LogP contribution in [0.15, 0.2) is 59.7 Å². The Morgan fingerprint density at radius 3 is 2.16 bits per heavy atom. The Hall–Kier alpha value is -3.46. The lowest BCUT2D eigenvalue weighted by Crippen LogP contribution is -2.29. The van der Waals surface area contributed by atoms with Crippen molar-refractivity contribution in [1.29, 1.82) is 0 Å². The van der Waals surface area contributed by atoms with E-state index in [-0.39, 0.29) is 17.6 Å². The van der Waals surface area contributed by atoms with Crippen molar-refractivity contribution in [2.45, 2.75) is 12.5 Å². The first-order chi connectivity index (χ1) is 15.1. The first-order valence-corrected chi connectivity index (χ1v) is 10.6. The zero-order chi connectivity index (χ0) is 21.4. The van der Waals surface area contributed by atoms with Gasteiger partial charge < -0.3 is 20.4 Å². The van der Waals surface area contributed by atoms with Gasteiger partial charge in [-0.05, 0) is 12.0 Å². The minimum atomic E-state index is -0.0869. The summed E-state index contributed by atoms with van der Waals surface area (Å²) < 4.78 is 0. The van der Waals surface area contributed by atoms with Crippen LogP contribution >= 0.6 is 0 Å². The fourth-order valence-corrected chi connectivity index (χ4v) is 3.64. The maximum absolute atomic E-state index is 12.4. The van der Waals surface area contributed by atoms with Crippen molar-refractivity contribution < 1.29 is 9.59 Å². The Morgan fingerprint density at radius 2 is 1.58 bits per heavy atom. The molecular formula is C22H25N7O2. The van der Waals surface area contributed by atoms with Gasteiger partial charge in [-0.1, -0.05) is 30.3 Å². The average Bonchev–Trinajstić information content (AvgIpc) is 3.63. The summed E-state index contributed by atoms with van der Waals surface area (Å²) in [5.74, 6) is 0.0485. The number of rotatable bonds is 6. The van der Waals surface area contributed by atoms with E-state index in [0.717, 1.165) is 51.4 Å². The number of H-pyrrole nitrogens is 1. The van der Waals surface area contributed by atoms with Crippen LogP contribution in [0.3, 0.4) is 0 Å². The first kappa shape index (κ1) is 19.5. The molecule has 0 saturated carbocycles. The summed E-state index contributed by atoms with van der Waals surface area (Å²) in [5.41, 5.74) is 9.85. The Labute approximate surface area is 180 Å². The highest BCUT2D eigenvalue weighted by Crippen LogP contribution is 2.33. The molecular weight excluding hydrogens is 394 g/mol. The standard InChI is InChI=1S/C12H13N3O2.C10H12N4/c16-9-7-8(13-1-2-13)12(17)11(15-5-6-15)10(9)14-3-4-14;11-9(10-7-12-14-13-10)6-8-4-2-1-3-5-8/h7H,1-6H2;1-5,7,9H,6,11H2,(H,12,13,14). The zero-order valence-electron chi connectivity index (χ0n) is 17.2. The van der Waals surface area contributed by atoms with Gasteiger partial charge in [0.1, 0.15) is 11.4 Å². The number of ketones is 2. The van der Waals surface area contributed by atoms with Gasteiger partial charge in [-0.25, -0.2) is 0 Å². The first-order valence-electron chi connectivity index (χ1n) is 10.6. The second-order valence-corrected chi connectivity index (χ2v) is 8.07. The van der Waals surface area contributed by atoms with E-state index >= 15 is 0 Å². The molecule has 4 heterocycles. The number of carbonyl (C=O) groups excluding carboxylic acids is 2. The quantitative estimate of drug-likeness (QED) is 0.506. The lowest BCUT2D eigenvalue weighted by molar-refractivity contribution is -0.117. The zero-order valence-corrected chi connectivity index (χ0v) is 17.2. The predicted octanol–water partition coefficient (Wildman–Crippen LogP) is 0.228. The minimum absolute atomic E-state index is 0.00546. The van der Waals surface area contributed by atoms with Crippen LogP contribution in [0.2, 0.25) is 0 Å². The molecule has 3 N–H and O–H groups in total. The van der Waals surface area contributed by atoms with Crippen molar-refractivity contribution >= 4 is 11.6 Å². The molecule has 160 valence electrons. The van der Waals surface area contributed by atoms with Crippen molar-refractivity contribution in [3.8, 4) is 0 Å². The molecule has 0 radical (unpaired) electrons. The fourth-order valence-electron chi connectivity index (χ4n) is 3.64. The number of nitrogens with one attached hydrogen (secondary N) is 1. The van der Waals surface area contributed by atoms with E-state index in [1.807, 2.05) is 32.9 Å². The number of aromatic nitrogens is 3. The van der Waals surface area contributed by atoms with E-state index in [4.69, 9.17) is 5.73 Å². The number of benzene rings is 1. The maximum Gasteiger partial charge on any atom is 0.227 e. The van der Waals surface area contributed by atoms with Crippen LogP contribution in [0.25, 0.3) is 0 Å². The van der Waals surface area contributed by atoms with E-state index in [9.17, 15) is 9.59 Å². The van der Waals surface area contributed by atoms with Crippen LogP contribution < -0.4 is 5.73 Å². The van der Waals surface area contributed by atoms with Crippen molar-refractivity contribution in [3.05, 3.63) is 71.0 Å². The van der Waals surface area contributed by atoms with E-state index in [1.165, 1.54) is 11.6 Å². The van der Waals surface area contributed by atoms with E-state index in [1.54, 1.807) is 6.20 Å². The molecule has 4 aliphatic rings. The predicted molar refractivity (Wildman–Crippen MR) is 113 cm³/mol. The largest absolute Gasteiger partial charge is 0.365 e. The van der Waals surface area contributed by atoms with Crippen molar-refractivity contribution in [1.82, 2.24) is 30.1 Å². The molecule has 1 aromatic carbocycles. The summed E-state index contributed by atoms with van der Waals surface area (Å²) in [6, 6.07) is 10.0. The molecule has 1 aromatic heterocycles. The number of aromatic amines is 1. The van der Waals surface area contributed by atoms with Crippen molar-refractivity contribution in [2.24, 2.45) is 5.73 Å². The van der Waals surface area contributed by atoms with Crippen LogP contribution in [-0.2, 0) is 16.0 Å². The topological polar surface area (TPSA) is 111 Å². The highest BCUT2D eigenvalue weighted by Gasteiger charge is 2.43. The number of carbonyl (C=O) groups is 2. The molecule has 0 bridgehead atoms. The smallest absolute Gasteiger partial charge is 0.227 e. The van der Waals surface area contributed by atoms with Crippen LogP contribution in [0.4, 0.5) is 0 Å². The molecule has 2 aromatic rings. The van der Waals surface area contributed by atoms with Crippen LogP contribution in [0.1, 0.15) is 17.3 Å². The maximum atomic E-state index is 12.4. The summed E-state index contributed by atoms with van der Waals surface area (Å²) in [6.07, 6.45) is 3.97. The fraction of sp³-hybridized carbons (Fsp3) is 0.364.